The van der Waals surface area contributed by atoms with Crippen LogP contribution in [0.1, 0.15) is 15.9 Å². The molecule has 1 aromatic heterocycles. The zero-order valence-corrected chi connectivity index (χ0v) is 11.2. The van der Waals surface area contributed by atoms with Crippen molar-refractivity contribution in [1.29, 1.82) is 0 Å². The fraction of sp³-hybridized carbons (Fsp3) is 0.0833. The molecule has 92 valence electrons. The Bertz CT molecular complexity index is 583. The minimum atomic E-state index is -0.298. The summed E-state index contributed by atoms with van der Waals surface area (Å²) in [5.41, 5.74) is 7.60. The van der Waals surface area contributed by atoms with E-state index >= 15 is 0 Å². The third kappa shape index (κ3) is 2.84. The van der Waals surface area contributed by atoms with Crippen molar-refractivity contribution in [3.63, 3.8) is 0 Å². The Morgan fingerprint density at radius 2 is 2.11 bits per heavy atom. The molecule has 5 nitrogen and oxygen atoms in total. The summed E-state index contributed by atoms with van der Waals surface area (Å²) in [7, 11) is 0. The number of anilines is 2. The second kappa shape index (κ2) is 5.14. The minimum Gasteiger partial charge on any atom is -0.398 e. The van der Waals surface area contributed by atoms with E-state index in [-0.39, 0.29) is 5.91 Å². The molecule has 0 aliphatic carbocycles. The van der Waals surface area contributed by atoms with Gasteiger partial charge >= 0.3 is 0 Å². The van der Waals surface area contributed by atoms with Crippen molar-refractivity contribution >= 4 is 33.3 Å². The van der Waals surface area contributed by atoms with Gasteiger partial charge in [-0.25, -0.2) is 9.97 Å². The zero-order valence-electron chi connectivity index (χ0n) is 9.64. The molecule has 0 spiro atoms. The average Bonchev–Trinajstić information content (AvgIpc) is 2.35. The fourth-order valence-electron chi connectivity index (χ4n) is 1.43. The van der Waals surface area contributed by atoms with Crippen molar-refractivity contribution in [3.8, 4) is 0 Å². The number of nitrogens with zero attached hydrogens (tertiary/aromatic N) is 2. The molecule has 0 saturated carbocycles. The van der Waals surface area contributed by atoms with Gasteiger partial charge in [-0.15, -0.1) is 0 Å². The number of aryl methyl sites for hydroxylation is 1. The average molecular weight is 307 g/mol. The molecule has 0 aliphatic heterocycles. The second-order valence-corrected chi connectivity index (χ2v) is 4.58. The van der Waals surface area contributed by atoms with Gasteiger partial charge in [0.15, 0.2) is 5.82 Å². The van der Waals surface area contributed by atoms with E-state index in [0.29, 0.717) is 21.7 Å². The van der Waals surface area contributed by atoms with E-state index < -0.39 is 0 Å². The van der Waals surface area contributed by atoms with Crippen LogP contribution in [-0.4, -0.2) is 15.9 Å². The quantitative estimate of drug-likeness (QED) is 0.835. The number of carbonyl (C=O) groups excluding carboxylic acids is 1. The Balaban J connectivity index is 2.21. The van der Waals surface area contributed by atoms with Crippen LogP contribution in [0.15, 0.2) is 35.2 Å². The molecule has 2 rings (SSSR count). The van der Waals surface area contributed by atoms with Gasteiger partial charge in [-0.2, -0.15) is 0 Å². The first kappa shape index (κ1) is 12.5. The third-order valence-corrected chi connectivity index (χ3v) is 2.72. The molecule has 0 aliphatic rings. The largest absolute Gasteiger partial charge is 0.398 e. The van der Waals surface area contributed by atoms with Gasteiger partial charge in [-0.05, 0) is 35.0 Å². The highest BCUT2D eigenvalue weighted by molar-refractivity contribution is 9.10. The first-order chi connectivity index (χ1) is 8.56. The van der Waals surface area contributed by atoms with Gasteiger partial charge in [0.05, 0.1) is 18.0 Å². The van der Waals surface area contributed by atoms with Gasteiger partial charge in [-0.1, -0.05) is 11.6 Å². The maximum Gasteiger partial charge on any atom is 0.258 e. The Labute approximate surface area is 113 Å². The summed E-state index contributed by atoms with van der Waals surface area (Å²) in [5.74, 6) is 0.0805. The lowest BCUT2D eigenvalue weighted by Crippen LogP contribution is -2.15. The maximum atomic E-state index is 12.0. The molecule has 0 unspecified atom stereocenters. The lowest BCUT2D eigenvalue weighted by atomic mass is 10.1. The van der Waals surface area contributed by atoms with Crippen LogP contribution in [0.2, 0.25) is 0 Å². The molecule has 0 bridgehead atoms. The van der Waals surface area contributed by atoms with Crippen LogP contribution in [0.4, 0.5) is 11.5 Å². The van der Waals surface area contributed by atoms with Gasteiger partial charge in [0.1, 0.15) is 4.60 Å². The van der Waals surface area contributed by atoms with E-state index in [9.17, 15) is 4.79 Å². The molecule has 1 heterocycles. The summed E-state index contributed by atoms with van der Waals surface area (Å²) in [6.45, 7) is 1.90. The van der Waals surface area contributed by atoms with Crippen LogP contribution in [0, 0.1) is 6.92 Å². The molecule has 1 amide bonds. The topological polar surface area (TPSA) is 80.9 Å². The Kier molecular flexibility index (Phi) is 3.57. The van der Waals surface area contributed by atoms with E-state index in [1.165, 1.54) is 12.4 Å². The smallest absolute Gasteiger partial charge is 0.258 e. The number of nitrogens with one attached hydrogen (secondary N) is 1. The molecule has 6 heteroatoms. The highest BCUT2D eigenvalue weighted by Crippen LogP contribution is 2.15. The zero-order chi connectivity index (χ0) is 13.1. The number of hydrogen-bond donors (Lipinski definition) is 2. The van der Waals surface area contributed by atoms with Crippen LogP contribution in [0.3, 0.4) is 0 Å². The van der Waals surface area contributed by atoms with Crippen LogP contribution < -0.4 is 11.1 Å². The van der Waals surface area contributed by atoms with E-state index in [4.69, 9.17) is 5.73 Å². The predicted molar refractivity (Wildman–Crippen MR) is 73.3 cm³/mol. The number of nitrogens with two attached hydrogens (primary N) is 1. The SMILES string of the molecule is Cc1ccc(N)c(C(=O)Nc2cnc(Br)cn2)c1. The van der Waals surface area contributed by atoms with Crippen molar-refractivity contribution in [2.45, 2.75) is 6.92 Å². The minimum absolute atomic E-state index is 0.298. The normalized spacial score (nSPS) is 10.1. The number of aromatic nitrogens is 2. The molecular formula is C12H11BrN4O. The maximum absolute atomic E-state index is 12.0. The summed E-state index contributed by atoms with van der Waals surface area (Å²) in [6, 6.07) is 5.29. The van der Waals surface area contributed by atoms with Gasteiger partial charge in [0.2, 0.25) is 0 Å². The first-order valence-corrected chi connectivity index (χ1v) is 6.00. The number of amides is 1. The third-order valence-electron chi connectivity index (χ3n) is 2.32. The number of carbonyl (C=O) groups is 1. The first-order valence-electron chi connectivity index (χ1n) is 5.21. The number of hydrogen-bond acceptors (Lipinski definition) is 4. The van der Waals surface area contributed by atoms with Crippen molar-refractivity contribution in [3.05, 3.63) is 46.3 Å². The number of nitrogen functional groups attached to an aromatic ring is 1. The molecule has 3 N–H and O–H groups in total. The van der Waals surface area contributed by atoms with Crippen LogP contribution >= 0.6 is 15.9 Å². The van der Waals surface area contributed by atoms with Crippen LogP contribution in [-0.2, 0) is 0 Å². The summed E-state index contributed by atoms with van der Waals surface area (Å²) < 4.78 is 0.607. The monoisotopic (exact) mass is 306 g/mol. The number of benzene rings is 1. The highest BCUT2D eigenvalue weighted by Gasteiger charge is 2.10. The summed E-state index contributed by atoms with van der Waals surface area (Å²) in [6.07, 6.45) is 2.98. The van der Waals surface area contributed by atoms with Crippen molar-refractivity contribution in [1.82, 2.24) is 9.97 Å². The highest BCUT2D eigenvalue weighted by atomic mass is 79.9. The van der Waals surface area contributed by atoms with Gasteiger partial charge < -0.3 is 11.1 Å². The van der Waals surface area contributed by atoms with E-state index in [0.717, 1.165) is 5.56 Å². The molecule has 0 atom stereocenters. The number of rotatable bonds is 2. The molecule has 0 fully saturated rings. The predicted octanol–water partition coefficient (Wildman–Crippen LogP) is 2.38. The molecular weight excluding hydrogens is 296 g/mol. The van der Waals surface area contributed by atoms with Gasteiger partial charge in [-0.3, -0.25) is 4.79 Å². The summed E-state index contributed by atoms with van der Waals surface area (Å²) >= 11 is 3.17. The number of halogens is 1. The van der Waals surface area contributed by atoms with E-state index in [1.807, 2.05) is 13.0 Å². The lowest BCUT2D eigenvalue weighted by Gasteiger charge is -2.07. The van der Waals surface area contributed by atoms with Crippen molar-refractivity contribution < 1.29 is 4.79 Å². The Morgan fingerprint density at radius 1 is 1.33 bits per heavy atom. The fourth-order valence-corrected chi connectivity index (χ4v) is 1.63. The molecule has 0 radical (unpaired) electrons. The summed E-state index contributed by atoms with van der Waals surface area (Å²) in [4.78, 5) is 20.0. The second-order valence-electron chi connectivity index (χ2n) is 3.77. The standard InChI is InChI=1S/C12H11BrN4O/c1-7-2-3-9(14)8(4-7)12(18)17-11-6-15-10(13)5-16-11/h2-6H,14H2,1H3,(H,16,17,18). The van der Waals surface area contributed by atoms with Crippen molar-refractivity contribution in [2.24, 2.45) is 0 Å². The molecule has 0 saturated heterocycles. The summed E-state index contributed by atoms with van der Waals surface area (Å²) in [5, 5.41) is 2.64. The molecule has 1 aromatic carbocycles. The lowest BCUT2D eigenvalue weighted by molar-refractivity contribution is 0.102. The van der Waals surface area contributed by atoms with E-state index in [2.05, 4.69) is 31.2 Å². The van der Waals surface area contributed by atoms with Gasteiger partial charge in [0.25, 0.3) is 5.91 Å². The van der Waals surface area contributed by atoms with Gasteiger partial charge in [0, 0.05) is 5.69 Å². The van der Waals surface area contributed by atoms with E-state index in [1.54, 1.807) is 12.1 Å². The van der Waals surface area contributed by atoms with Crippen LogP contribution in [0.25, 0.3) is 0 Å². The molecule has 2 aromatic rings. The Hall–Kier alpha value is -1.95. The Morgan fingerprint density at radius 3 is 2.78 bits per heavy atom. The van der Waals surface area contributed by atoms with Crippen molar-refractivity contribution in [2.75, 3.05) is 11.1 Å². The molecule has 18 heavy (non-hydrogen) atoms. The van der Waals surface area contributed by atoms with Crippen LogP contribution in [0.5, 0.6) is 0 Å².